The number of anilines is 1. The van der Waals surface area contributed by atoms with Crippen molar-refractivity contribution in [1.82, 2.24) is 4.98 Å². The molecule has 4 nitrogen and oxygen atoms in total. The summed E-state index contributed by atoms with van der Waals surface area (Å²) in [5.74, 6) is 0. The third kappa shape index (κ3) is 3.01. The standard InChI is InChI=1S/C11H8BrClN2O2S/c12-8-2-1-3-9(6-8)18(16,17)15-11-7-14-5-4-10(11)13/h1-7,15H. The van der Waals surface area contributed by atoms with Gasteiger partial charge in [0.2, 0.25) is 0 Å². The zero-order valence-electron chi connectivity index (χ0n) is 8.97. The van der Waals surface area contributed by atoms with Crippen molar-refractivity contribution in [2.75, 3.05) is 4.72 Å². The lowest BCUT2D eigenvalue weighted by molar-refractivity contribution is 0.601. The zero-order valence-corrected chi connectivity index (χ0v) is 12.1. The number of pyridine rings is 1. The highest BCUT2D eigenvalue weighted by molar-refractivity contribution is 9.10. The first-order valence-electron chi connectivity index (χ1n) is 4.87. The molecule has 94 valence electrons. The maximum absolute atomic E-state index is 12.1. The Balaban J connectivity index is 2.37. The van der Waals surface area contributed by atoms with Crippen LogP contribution in [-0.4, -0.2) is 13.4 Å². The summed E-state index contributed by atoms with van der Waals surface area (Å²) in [7, 11) is -3.66. The van der Waals surface area contributed by atoms with Crippen molar-refractivity contribution in [2.45, 2.75) is 4.90 Å². The quantitative estimate of drug-likeness (QED) is 0.927. The first-order valence-corrected chi connectivity index (χ1v) is 7.52. The van der Waals surface area contributed by atoms with Crippen LogP contribution in [0.5, 0.6) is 0 Å². The van der Waals surface area contributed by atoms with Gasteiger partial charge < -0.3 is 0 Å². The summed E-state index contributed by atoms with van der Waals surface area (Å²) < 4.78 is 27.2. The lowest BCUT2D eigenvalue weighted by atomic mass is 10.4. The second-order valence-electron chi connectivity index (χ2n) is 3.42. The van der Waals surface area contributed by atoms with Gasteiger partial charge in [0.15, 0.2) is 0 Å². The number of hydrogen-bond donors (Lipinski definition) is 1. The maximum atomic E-state index is 12.1. The van der Waals surface area contributed by atoms with Crippen molar-refractivity contribution in [3.8, 4) is 0 Å². The molecule has 1 N–H and O–H groups in total. The van der Waals surface area contributed by atoms with Crippen molar-refractivity contribution in [3.05, 3.63) is 52.2 Å². The molecule has 0 amide bonds. The van der Waals surface area contributed by atoms with Crippen molar-refractivity contribution in [2.24, 2.45) is 0 Å². The lowest BCUT2D eigenvalue weighted by Gasteiger charge is -2.09. The van der Waals surface area contributed by atoms with Gasteiger partial charge in [-0.3, -0.25) is 9.71 Å². The maximum Gasteiger partial charge on any atom is 0.262 e. The van der Waals surface area contributed by atoms with E-state index in [1.54, 1.807) is 12.1 Å². The molecular formula is C11H8BrClN2O2S. The van der Waals surface area contributed by atoms with Crippen molar-refractivity contribution >= 4 is 43.2 Å². The Hall–Kier alpha value is -1.11. The molecule has 18 heavy (non-hydrogen) atoms. The Morgan fingerprint density at radius 2 is 2.06 bits per heavy atom. The second kappa shape index (κ2) is 5.26. The van der Waals surface area contributed by atoms with E-state index in [4.69, 9.17) is 11.6 Å². The predicted molar refractivity (Wildman–Crippen MR) is 74.2 cm³/mol. The molecule has 0 spiro atoms. The third-order valence-corrected chi connectivity index (χ3v) is 4.30. The molecule has 0 unspecified atom stereocenters. The van der Waals surface area contributed by atoms with Gasteiger partial charge in [-0.1, -0.05) is 33.6 Å². The number of nitrogens with one attached hydrogen (secondary N) is 1. The molecule has 7 heteroatoms. The molecule has 2 rings (SSSR count). The molecule has 0 fully saturated rings. The van der Waals surface area contributed by atoms with E-state index in [1.165, 1.54) is 30.6 Å². The first kappa shape index (κ1) is 13.3. The van der Waals surface area contributed by atoms with Crippen LogP contribution < -0.4 is 4.72 Å². The van der Waals surface area contributed by atoms with Gasteiger partial charge in [-0.25, -0.2) is 8.42 Å². The first-order chi connectivity index (χ1) is 8.49. The monoisotopic (exact) mass is 346 g/mol. The van der Waals surface area contributed by atoms with Gasteiger partial charge in [0, 0.05) is 10.7 Å². The number of aromatic nitrogens is 1. The van der Waals surface area contributed by atoms with Crippen LogP contribution in [0.25, 0.3) is 0 Å². The lowest BCUT2D eigenvalue weighted by Crippen LogP contribution is -2.13. The normalized spacial score (nSPS) is 11.2. The summed E-state index contributed by atoms with van der Waals surface area (Å²) in [6, 6.07) is 7.91. The molecule has 0 saturated heterocycles. The van der Waals surface area contributed by atoms with E-state index in [9.17, 15) is 8.42 Å². The Kier molecular flexibility index (Phi) is 3.89. The summed E-state index contributed by atoms with van der Waals surface area (Å²) in [6.07, 6.45) is 2.84. The van der Waals surface area contributed by atoms with E-state index in [0.29, 0.717) is 9.50 Å². The molecule has 0 saturated carbocycles. The van der Waals surface area contributed by atoms with Crippen LogP contribution in [0.4, 0.5) is 5.69 Å². The SMILES string of the molecule is O=S(=O)(Nc1cnccc1Cl)c1cccc(Br)c1. The minimum absolute atomic E-state index is 0.150. The molecule has 0 aliphatic rings. The molecule has 2 aromatic rings. The van der Waals surface area contributed by atoms with Gasteiger partial charge in [0.1, 0.15) is 0 Å². The van der Waals surface area contributed by atoms with Crippen molar-refractivity contribution in [3.63, 3.8) is 0 Å². The molecule has 0 atom stereocenters. The molecule has 1 heterocycles. The summed E-state index contributed by atoms with van der Waals surface area (Å²) in [4.78, 5) is 3.97. The summed E-state index contributed by atoms with van der Waals surface area (Å²) in [6.45, 7) is 0. The molecule has 0 radical (unpaired) electrons. The largest absolute Gasteiger partial charge is 0.277 e. The Bertz CT molecular complexity index is 676. The summed E-state index contributed by atoms with van der Waals surface area (Å²) >= 11 is 9.10. The van der Waals surface area contributed by atoms with Crippen LogP contribution in [0, 0.1) is 0 Å². The van der Waals surface area contributed by atoms with E-state index in [1.807, 2.05) is 0 Å². The Morgan fingerprint density at radius 3 is 2.72 bits per heavy atom. The topological polar surface area (TPSA) is 59.1 Å². The van der Waals surface area contributed by atoms with Crippen molar-refractivity contribution < 1.29 is 8.42 Å². The highest BCUT2D eigenvalue weighted by atomic mass is 79.9. The number of rotatable bonds is 3. The van der Waals surface area contributed by atoms with Gasteiger partial charge in [0.05, 0.1) is 21.8 Å². The van der Waals surface area contributed by atoms with E-state index < -0.39 is 10.0 Å². The van der Waals surface area contributed by atoms with Gasteiger partial charge in [0.25, 0.3) is 10.0 Å². The third-order valence-electron chi connectivity index (χ3n) is 2.12. The van der Waals surface area contributed by atoms with Gasteiger partial charge in [-0.2, -0.15) is 0 Å². The smallest absolute Gasteiger partial charge is 0.262 e. The van der Waals surface area contributed by atoms with E-state index >= 15 is 0 Å². The molecule has 0 aliphatic carbocycles. The summed E-state index contributed by atoms with van der Waals surface area (Å²) in [5, 5.41) is 0.295. The van der Waals surface area contributed by atoms with Gasteiger partial charge in [-0.15, -0.1) is 0 Å². The number of hydrogen-bond acceptors (Lipinski definition) is 3. The zero-order chi connectivity index (χ0) is 13.2. The van der Waals surface area contributed by atoms with Crippen LogP contribution in [0.1, 0.15) is 0 Å². The van der Waals surface area contributed by atoms with Crippen LogP contribution >= 0.6 is 27.5 Å². The van der Waals surface area contributed by atoms with Gasteiger partial charge >= 0.3 is 0 Å². The highest BCUT2D eigenvalue weighted by Gasteiger charge is 2.15. The van der Waals surface area contributed by atoms with Crippen molar-refractivity contribution in [1.29, 1.82) is 0 Å². The average molecular weight is 348 g/mol. The predicted octanol–water partition coefficient (Wildman–Crippen LogP) is 3.30. The average Bonchev–Trinajstić information content (AvgIpc) is 2.32. The van der Waals surface area contributed by atoms with Gasteiger partial charge in [-0.05, 0) is 24.3 Å². The minimum atomic E-state index is -3.66. The van der Waals surface area contributed by atoms with Crippen LogP contribution in [-0.2, 0) is 10.0 Å². The molecular weight excluding hydrogens is 340 g/mol. The number of benzene rings is 1. The Morgan fingerprint density at radius 1 is 1.28 bits per heavy atom. The molecule has 0 bridgehead atoms. The molecule has 1 aromatic carbocycles. The van der Waals surface area contributed by atoms with Crippen LogP contribution in [0.15, 0.2) is 52.1 Å². The molecule has 1 aromatic heterocycles. The number of sulfonamides is 1. The van der Waals surface area contributed by atoms with E-state index in [2.05, 4.69) is 25.6 Å². The highest BCUT2D eigenvalue weighted by Crippen LogP contribution is 2.24. The fraction of sp³-hybridized carbons (Fsp3) is 0. The fourth-order valence-corrected chi connectivity index (χ4v) is 3.16. The minimum Gasteiger partial charge on any atom is -0.277 e. The summed E-state index contributed by atoms with van der Waals surface area (Å²) in [5.41, 5.74) is 0.249. The number of halogens is 2. The second-order valence-corrected chi connectivity index (χ2v) is 6.42. The van der Waals surface area contributed by atoms with E-state index in [0.717, 1.165) is 0 Å². The molecule has 0 aliphatic heterocycles. The van der Waals surface area contributed by atoms with Crippen LogP contribution in [0.2, 0.25) is 5.02 Å². The Labute approximate surface area is 118 Å². The fourth-order valence-electron chi connectivity index (χ4n) is 1.29. The number of nitrogens with zero attached hydrogens (tertiary/aromatic N) is 1. The van der Waals surface area contributed by atoms with E-state index in [-0.39, 0.29) is 10.6 Å². The van der Waals surface area contributed by atoms with Crippen LogP contribution in [0.3, 0.4) is 0 Å².